The van der Waals surface area contributed by atoms with Crippen molar-refractivity contribution in [1.29, 1.82) is 0 Å². The second-order valence-corrected chi connectivity index (χ2v) is 5.71. The van der Waals surface area contributed by atoms with E-state index in [4.69, 9.17) is 5.73 Å². The number of carbonyl (C=O) groups excluding carboxylic acids is 1. The monoisotopic (exact) mass is 328 g/mol. The molecule has 1 atom stereocenters. The molecule has 3 N–H and O–H groups in total. The van der Waals surface area contributed by atoms with Crippen LogP contribution in [0.25, 0.3) is 0 Å². The van der Waals surface area contributed by atoms with Gasteiger partial charge in [0.25, 0.3) is 0 Å². The van der Waals surface area contributed by atoms with E-state index in [2.05, 4.69) is 45.1 Å². The molecule has 106 valence electrons. The summed E-state index contributed by atoms with van der Waals surface area (Å²) in [6, 6.07) is 0. The summed E-state index contributed by atoms with van der Waals surface area (Å²) in [6.45, 7) is 5.00. The summed E-state index contributed by atoms with van der Waals surface area (Å²) in [4.78, 5) is 19.9. The number of rotatable bonds is 7. The highest BCUT2D eigenvalue weighted by molar-refractivity contribution is 9.10. The number of carbonyl (C=O) groups is 1. The minimum atomic E-state index is -0.0284. The lowest BCUT2D eigenvalue weighted by Gasteiger charge is -2.19. The van der Waals surface area contributed by atoms with Gasteiger partial charge in [-0.05, 0) is 47.2 Å². The van der Waals surface area contributed by atoms with Gasteiger partial charge in [0.05, 0.1) is 12.4 Å². The minimum absolute atomic E-state index is 0.0284. The van der Waals surface area contributed by atoms with Crippen LogP contribution in [-0.2, 0) is 4.79 Å². The van der Waals surface area contributed by atoms with Crippen molar-refractivity contribution in [3.8, 4) is 0 Å². The Morgan fingerprint density at radius 1 is 1.37 bits per heavy atom. The molecule has 0 aliphatic heterocycles. The van der Waals surface area contributed by atoms with Crippen LogP contribution in [0.15, 0.2) is 17.0 Å². The summed E-state index contributed by atoms with van der Waals surface area (Å²) in [6.07, 6.45) is 5.39. The lowest BCUT2D eigenvalue weighted by atomic mass is 9.88. The zero-order valence-electron chi connectivity index (χ0n) is 11.4. The first kappa shape index (κ1) is 16.0. The number of hydrogen-bond acceptors (Lipinski definition) is 4. The molecule has 1 amide bonds. The molecule has 5 nitrogen and oxygen atoms in total. The Balaban J connectivity index is 2.40. The molecule has 0 aliphatic carbocycles. The van der Waals surface area contributed by atoms with E-state index in [0.717, 1.165) is 12.8 Å². The van der Waals surface area contributed by atoms with E-state index in [1.165, 1.54) is 6.20 Å². The molecule has 0 aliphatic rings. The van der Waals surface area contributed by atoms with Gasteiger partial charge in [-0.3, -0.25) is 4.79 Å². The van der Waals surface area contributed by atoms with Gasteiger partial charge in [0.1, 0.15) is 4.60 Å². The second kappa shape index (κ2) is 8.22. The van der Waals surface area contributed by atoms with Crippen molar-refractivity contribution in [2.45, 2.75) is 33.1 Å². The molecule has 0 bridgehead atoms. The van der Waals surface area contributed by atoms with Gasteiger partial charge in [-0.15, -0.1) is 0 Å². The maximum Gasteiger partial charge on any atom is 0.225 e. The summed E-state index contributed by atoms with van der Waals surface area (Å²) in [5.74, 6) is 1.49. The number of aromatic nitrogens is 2. The molecule has 0 aromatic carbocycles. The van der Waals surface area contributed by atoms with Crippen LogP contribution >= 0.6 is 15.9 Å². The zero-order chi connectivity index (χ0) is 14.3. The van der Waals surface area contributed by atoms with Crippen LogP contribution in [0.2, 0.25) is 0 Å². The Hall–Kier alpha value is -1.01. The number of anilines is 1. The highest BCUT2D eigenvalue weighted by Crippen LogP contribution is 2.20. The van der Waals surface area contributed by atoms with Crippen molar-refractivity contribution in [2.75, 3.05) is 11.9 Å². The summed E-state index contributed by atoms with van der Waals surface area (Å²) < 4.78 is 0.647. The molecule has 0 spiro atoms. The molecule has 6 heteroatoms. The molecule has 1 heterocycles. The first-order valence-corrected chi connectivity index (χ1v) is 7.29. The Labute approximate surface area is 122 Å². The van der Waals surface area contributed by atoms with E-state index in [0.29, 0.717) is 35.2 Å². The first-order chi connectivity index (χ1) is 9.02. The molecule has 1 aromatic heterocycles. The quantitative estimate of drug-likeness (QED) is 0.806. The Kier molecular flexibility index (Phi) is 6.94. The average molecular weight is 329 g/mol. The third kappa shape index (κ3) is 6.11. The van der Waals surface area contributed by atoms with Crippen LogP contribution in [0.5, 0.6) is 0 Å². The maximum atomic E-state index is 11.8. The summed E-state index contributed by atoms with van der Waals surface area (Å²) >= 11 is 3.20. The van der Waals surface area contributed by atoms with E-state index < -0.39 is 0 Å². The van der Waals surface area contributed by atoms with Gasteiger partial charge in [0.15, 0.2) is 5.82 Å². The standard InChI is InChI=1S/C13H21BrN4O/c1-9(2)10(5-6-15)3-4-13(19)18-12-8-16-11(14)7-17-12/h7-10H,3-6,15H2,1-2H3,(H,17,18,19). The topological polar surface area (TPSA) is 80.9 Å². The van der Waals surface area contributed by atoms with Crippen LogP contribution in [0.1, 0.15) is 33.1 Å². The number of amides is 1. The van der Waals surface area contributed by atoms with E-state index in [-0.39, 0.29) is 5.91 Å². The van der Waals surface area contributed by atoms with Crippen molar-refractivity contribution in [3.05, 3.63) is 17.0 Å². The lowest BCUT2D eigenvalue weighted by Crippen LogP contribution is -2.18. The fraction of sp³-hybridized carbons (Fsp3) is 0.615. The minimum Gasteiger partial charge on any atom is -0.330 e. The van der Waals surface area contributed by atoms with Crippen LogP contribution in [0.4, 0.5) is 5.82 Å². The molecular weight excluding hydrogens is 308 g/mol. The zero-order valence-corrected chi connectivity index (χ0v) is 13.0. The van der Waals surface area contributed by atoms with Crippen molar-refractivity contribution in [3.63, 3.8) is 0 Å². The normalized spacial score (nSPS) is 12.5. The van der Waals surface area contributed by atoms with E-state index in [9.17, 15) is 4.79 Å². The molecule has 0 radical (unpaired) electrons. The third-order valence-electron chi connectivity index (χ3n) is 3.11. The summed E-state index contributed by atoms with van der Waals surface area (Å²) in [5.41, 5.74) is 5.59. The fourth-order valence-corrected chi connectivity index (χ4v) is 2.13. The highest BCUT2D eigenvalue weighted by atomic mass is 79.9. The largest absolute Gasteiger partial charge is 0.330 e. The fourth-order valence-electron chi connectivity index (χ4n) is 1.92. The lowest BCUT2D eigenvalue weighted by molar-refractivity contribution is -0.116. The Morgan fingerprint density at radius 3 is 2.63 bits per heavy atom. The van der Waals surface area contributed by atoms with Crippen molar-refractivity contribution < 1.29 is 4.79 Å². The highest BCUT2D eigenvalue weighted by Gasteiger charge is 2.14. The van der Waals surface area contributed by atoms with Gasteiger partial charge < -0.3 is 11.1 Å². The van der Waals surface area contributed by atoms with E-state index >= 15 is 0 Å². The van der Waals surface area contributed by atoms with E-state index in [1.807, 2.05) is 0 Å². The molecule has 1 aromatic rings. The molecule has 0 saturated carbocycles. The molecule has 19 heavy (non-hydrogen) atoms. The molecular formula is C13H21BrN4O. The van der Waals surface area contributed by atoms with Crippen molar-refractivity contribution >= 4 is 27.7 Å². The van der Waals surface area contributed by atoms with Crippen LogP contribution in [0.3, 0.4) is 0 Å². The van der Waals surface area contributed by atoms with Gasteiger partial charge in [0, 0.05) is 6.42 Å². The number of halogens is 1. The van der Waals surface area contributed by atoms with Crippen LogP contribution < -0.4 is 11.1 Å². The SMILES string of the molecule is CC(C)C(CCN)CCC(=O)Nc1cnc(Br)cn1. The average Bonchev–Trinajstić information content (AvgIpc) is 2.37. The number of hydrogen-bond donors (Lipinski definition) is 2. The Bertz CT molecular complexity index is 394. The third-order valence-corrected chi connectivity index (χ3v) is 3.52. The summed E-state index contributed by atoms with van der Waals surface area (Å²) in [5, 5.41) is 2.74. The number of nitrogens with zero attached hydrogens (tertiary/aromatic N) is 2. The molecule has 0 saturated heterocycles. The van der Waals surface area contributed by atoms with Gasteiger partial charge in [0.2, 0.25) is 5.91 Å². The van der Waals surface area contributed by atoms with Gasteiger partial charge in [-0.1, -0.05) is 13.8 Å². The Morgan fingerprint density at radius 2 is 2.11 bits per heavy atom. The van der Waals surface area contributed by atoms with Gasteiger partial charge in [-0.2, -0.15) is 0 Å². The smallest absolute Gasteiger partial charge is 0.225 e. The summed E-state index contributed by atoms with van der Waals surface area (Å²) in [7, 11) is 0. The second-order valence-electron chi connectivity index (χ2n) is 4.89. The van der Waals surface area contributed by atoms with Crippen molar-refractivity contribution in [1.82, 2.24) is 9.97 Å². The first-order valence-electron chi connectivity index (χ1n) is 6.50. The van der Waals surface area contributed by atoms with Gasteiger partial charge in [-0.25, -0.2) is 9.97 Å². The van der Waals surface area contributed by atoms with Crippen molar-refractivity contribution in [2.24, 2.45) is 17.6 Å². The predicted molar refractivity (Wildman–Crippen MR) is 79.6 cm³/mol. The molecule has 1 rings (SSSR count). The van der Waals surface area contributed by atoms with E-state index in [1.54, 1.807) is 6.20 Å². The predicted octanol–water partition coefficient (Wildman–Crippen LogP) is 2.58. The molecule has 0 fully saturated rings. The van der Waals surface area contributed by atoms with Crippen LogP contribution in [-0.4, -0.2) is 22.4 Å². The number of nitrogens with one attached hydrogen (secondary N) is 1. The van der Waals surface area contributed by atoms with Crippen LogP contribution in [0, 0.1) is 11.8 Å². The number of nitrogens with two attached hydrogens (primary N) is 1. The molecule has 1 unspecified atom stereocenters. The maximum absolute atomic E-state index is 11.8. The van der Waals surface area contributed by atoms with Gasteiger partial charge >= 0.3 is 0 Å².